The summed E-state index contributed by atoms with van der Waals surface area (Å²) in [5.41, 5.74) is 1.79. The van der Waals surface area contributed by atoms with Crippen molar-refractivity contribution >= 4 is 23.3 Å². The summed E-state index contributed by atoms with van der Waals surface area (Å²) in [6.45, 7) is 0.196. The maximum atomic E-state index is 13.6. The number of rotatable bonds is 3. The Morgan fingerprint density at radius 2 is 1.77 bits per heavy atom. The fourth-order valence-corrected chi connectivity index (χ4v) is 5.13. The molecule has 1 saturated carbocycles. The van der Waals surface area contributed by atoms with Crippen molar-refractivity contribution in [3.8, 4) is 5.75 Å². The highest BCUT2D eigenvalue weighted by atomic mass is 35.5. The lowest BCUT2D eigenvalue weighted by atomic mass is 9.77. The molecule has 1 N–H and O–H groups in total. The second-order valence-electron chi connectivity index (χ2n) is 8.33. The number of alkyl halides is 1. The molecule has 4 atom stereocenters. The van der Waals surface area contributed by atoms with E-state index in [1.54, 1.807) is 29.2 Å². The van der Waals surface area contributed by atoms with Gasteiger partial charge in [0, 0.05) is 11.9 Å². The van der Waals surface area contributed by atoms with Crippen LogP contribution in [-0.2, 0) is 20.9 Å². The van der Waals surface area contributed by atoms with Gasteiger partial charge in [0.05, 0.1) is 17.5 Å². The van der Waals surface area contributed by atoms with Crippen molar-refractivity contribution in [2.24, 2.45) is 5.92 Å². The number of hydrogen-bond donors (Lipinski definition) is 1. The highest BCUT2D eigenvalue weighted by Crippen LogP contribution is 2.47. The largest absolute Gasteiger partial charge is 0.508 e. The van der Waals surface area contributed by atoms with Gasteiger partial charge in [-0.2, -0.15) is 0 Å². The number of ether oxygens (including phenoxy) is 1. The molecule has 5 rings (SSSR count). The molecule has 2 aliphatic heterocycles. The van der Waals surface area contributed by atoms with Gasteiger partial charge in [-0.1, -0.05) is 24.3 Å². The van der Waals surface area contributed by atoms with Crippen molar-refractivity contribution in [2.45, 2.75) is 43.3 Å². The van der Waals surface area contributed by atoms with E-state index in [1.807, 2.05) is 0 Å². The fraction of sp³-hybridized carbons (Fsp3) is 0.333. The summed E-state index contributed by atoms with van der Waals surface area (Å²) in [5, 5.41) is 9.62. The maximum absolute atomic E-state index is 13.6. The quantitative estimate of drug-likeness (QED) is 0.723. The van der Waals surface area contributed by atoms with Gasteiger partial charge in [0.25, 0.3) is 5.91 Å². The molecule has 2 aromatic rings. The van der Waals surface area contributed by atoms with Crippen LogP contribution in [0.3, 0.4) is 0 Å². The van der Waals surface area contributed by atoms with Gasteiger partial charge >= 0.3 is 0 Å². The molecule has 160 valence electrons. The van der Waals surface area contributed by atoms with E-state index in [4.69, 9.17) is 16.3 Å². The first-order valence-corrected chi connectivity index (χ1v) is 10.8. The second-order valence-corrected chi connectivity index (χ2v) is 8.95. The van der Waals surface area contributed by atoms with Crippen molar-refractivity contribution < 1.29 is 23.8 Å². The molecule has 31 heavy (non-hydrogen) atoms. The van der Waals surface area contributed by atoms with E-state index in [9.17, 15) is 19.1 Å². The standard InChI is InChI=1S/C24H21ClFNO4/c25-15-5-10-19-18(11-15)22(29)20-21(14-3-8-17(28)9-4-14)27(24(30)23(20)31-19)12-13-1-6-16(26)7-2-13/h1-4,6-9,15,18-19,21,28H,5,10-12H2. The molecular formula is C24H21ClFNO4. The van der Waals surface area contributed by atoms with E-state index in [0.29, 0.717) is 24.0 Å². The average Bonchev–Trinajstić information content (AvgIpc) is 3.03. The van der Waals surface area contributed by atoms with E-state index in [0.717, 1.165) is 12.0 Å². The van der Waals surface area contributed by atoms with Gasteiger partial charge in [-0.25, -0.2) is 4.39 Å². The average molecular weight is 442 g/mol. The van der Waals surface area contributed by atoms with E-state index >= 15 is 0 Å². The molecule has 4 unspecified atom stereocenters. The van der Waals surface area contributed by atoms with Gasteiger partial charge in [-0.05, 0) is 54.7 Å². The van der Waals surface area contributed by atoms with Crippen LogP contribution < -0.4 is 0 Å². The zero-order valence-electron chi connectivity index (χ0n) is 16.6. The number of carbonyl (C=O) groups excluding carboxylic acids is 2. The summed E-state index contributed by atoms with van der Waals surface area (Å²) in [5.74, 6) is -0.965. The summed E-state index contributed by atoms with van der Waals surface area (Å²) in [7, 11) is 0. The van der Waals surface area contributed by atoms with Crippen LogP contribution >= 0.6 is 11.6 Å². The first kappa shape index (κ1) is 20.1. The normalized spacial score (nSPS) is 27.7. The van der Waals surface area contributed by atoms with E-state index < -0.39 is 6.04 Å². The van der Waals surface area contributed by atoms with Crippen molar-refractivity contribution in [3.05, 3.63) is 76.8 Å². The monoisotopic (exact) mass is 441 g/mol. The second kappa shape index (κ2) is 7.68. The van der Waals surface area contributed by atoms with Crippen LogP contribution in [0.15, 0.2) is 59.9 Å². The topological polar surface area (TPSA) is 66.8 Å². The third-order valence-electron chi connectivity index (χ3n) is 6.35. The van der Waals surface area contributed by atoms with Crippen molar-refractivity contribution in [3.63, 3.8) is 0 Å². The zero-order chi connectivity index (χ0) is 21.7. The van der Waals surface area contributed by atoms with Gasteiger partial charge in [0.15, 0.2) is 11.5 Å². The number of nitrogens with zero attached hydrogens (tertiary/aromatic N) is 1. The molecular weight excluding hydrogens is 421 g/mol. The Kier molecular flexibility index (Phi) is 4.97. The molecule has 3 aliphatic rings. The Labute approximate surface area is 184 Å². The Morgan fingerprint density at radius 1 is 1.06 bits per heavy atom. The van der Waals surface area contributed by atoms with E-state index in [-0.39, 0.29) is 53.0 Å². The van der Waals surface area contributed by atoms with Crippen molar-refractivity contribution in [1.29, 1.82) is 0 Å². The van der Waals surface area contributed by atoms with Crippen LogP contribution in [0.25, 0.3) is 0 Å². The molecule has 0 radical (unpaired) electrons. The van der Waals surface area contributed by atoms with Gasteiger partial charge < -0.3 is 14.7 Å². The lowest BCUT2D eigenvalue weighted by Crippen LogP contribution is -2.41. The lowest BCUT2D eigenvalue weighted by Gasteiger charge is -2.37. The van der Waals surface area contributed by atoms with Gasteiger partial charge in [-0.15, -0.1) is 11.6 Å². The number of phenolic OH excluding ortho intramolecular Hbond substituents is 1. The zero-order valence-corrected chi connectivity index (χ0v) is 17.4. The number of phenols is 1. The Bertz CT molecular complexity index is 1070. The van der Waals surface area contributed by atoms with Crippen LogP contribution in [0.4, 0.5) is 4.39 Å². The highest BCUT2D eigenvalue weighted by molar-refractivity contribution is 6.21. The SMILES string of the molecule is O=C1C2=C(OC3CCC(Cl)CC13)C(=O)N(Cc1ccc(F)cc1)C2c1ccc(O)cc1. The third kappa shape index (κ3) is 3.49. The molecule has 1 aliphatic carbocycles. The first-order chi connectivity index (χ1) is 14.9. The molecule has 0 bridgehead atoms. The molecule has 0 spiro atoms. The summed E-state index contributed by atoms with van der Waals surface area (Å²) in [6, 6.07) is 11.7. The lowest BCUT2D eigenvalue weighted by molar-refractivity contribution is -0.135. The van der Waals surface area contributed by atoms with Crippen LogP contribution in [0.2, 0.25) is 0 Å². The Hall–Kier alpha value is -2.86. The van der Waals surface area contributed by atoms with Crippen LogP contribution in [0.1, 0.15) is 36.4 Å². The van der Waals surface area contributed by atoms with Crippen LogP contribution in [-0.4, -0.2) is 33.2 Å². The predicted molar refractivity (Wildman–Crippen MR) is 112 cm³/mol. The van der Waals surface area contributed by atoms with Gasteiger partial charge in [0.2, 0.25) is 0 Å². The van der Waals surface area contributed by atoms with E-state index in [1.165, 1.54) is 24.3 Å². The first-order valence-electron chi connectivity index (χ1n) is 10.4. The summed E-state index contributed by atoms with van der Waals surface area (Å²) < 4.78 is 19.5. The molecule has 2 heterocycles. The number of aromatic hydroxyl groups is 1. The molecule has 1 amide bonds. The number of ketones is 1. The number of halogens is 2. The molecule has 5 nitrogen and oxygen atoms in total. The van der Waals surface area contributed by atoms with Crippen LogP contribution in [0, 0.1) is 11.7 Å². The number of carbonyl (C=O) groups is 2. The van der Waals surface area contributed by atoms with Gasteiger partial charge in [-0.3, -0.25) is 9.59 Å². The summed E-state index contributed by atoms with van der Waals surface area (Å²) >= 11 is 6.33. The van der Waals surface area contributed by atoms with E-state index in [2.05, 4.69) is 0 Å². The van der Waals surface area contributed by atoms with Crippen molar-refractivity contribution in [2.75, 3.05) is 0 Å². The number of amides is 1. The molecule has 1 fully saturated rings. The minimum Gasteiger partial charge on any atom is -0.508 e. The maximum Gasteiger partial charge on any atom is 0.290 e. The summed E-state index contributed by atoms with van der Waals surface area (Å²) in [4.78, 5) is 28.5. The predicted octanol–water partition coefficient (Wildman–Crippen LogP) is 4.24. The Morgan fingerprint density at radius 3 is 2.48 bits per heavy atom. The van der Waals surface area contributed by atoms with Crippen LogP contribution in [0.5, 0.6) is 5.75 Å². The van der Waals surface area contributed by atoms with Gasteiger partial charge in [0.1, 0.15) is 17.7 Å². The highest BCUT2D eigenvalue weighted by Gasteiger charge is 2.52. The fourth-order valence-electron chi connectivity index (χ4n) is 4.82. The van der Waals surface area contributed by atoms with Crippen molar-refractivity contribution in [1.82, 2.24) is 4.90 Å². The minimum absolute atomic E-state index is 0.0875. The minimum atomic E-state index is -0.641. The summed E-state index contributed by atoms with van der Waals surface area (Å²) in [6.07, 6.45) is 1.57. The number of Topliss-reactive ketones (excluding diaryl/α,β-unsaturated/α-hetero) is 1. The number of hydrogen-bond acceptors (Lipinski definition) is 4. The molecule has 0 aromatic heterocycles. The molecule has 7 heteroatoms. The Balaban J connectivity index is 1.56. The third-order valence-corrected chi connectivity index (χ3v) is 6.75. The number of fused-ring (bicyclic) bond motifs is 1. The smallest absolute Gasteiger partial charge is 0.290 e. The molecule has 0 saturated heterocycles. The molecule has 2 aromatic carbocycles. The number of benzene rings is 2.